The fourth-order valence-corrected chi connectivity index (χ4v) is 2.68. The van der Waals surface area contributed by atoms with Crippen LogP contribution in [0.5, 0.6) is 23.0 Å². The van der Waals surface area contributed by atoms with Gasteiger partial charge in [-0.05, 0) is 36.4 Å². The van der Waals surface area contributed by atoms with Crippen molar-refractivity contribution < 1.29 is 23.0 Å². The monoisotopic (exact) mass is 359 g/mol. The fraction of sp³-hybridized carbons (Fsp3) is 0.118. The molecule has 130 valence electrons. The molecule has 1 N–H and O–H groups in total. The summed E-state index contributed by atoms with van der Waals surface area (Å²) in [6, 6.07) is 11.9. The van der Waals surface area contributed by atoms with Crippen LogP contribution in [0.25, 0.3) is 10.9 Å². The normalized spacial score (nSPS) is 11.8. The van der Waals surface area contributed by atoms with Gasteiger partial charge in [0.2, 0.25) is 0 Å². The first kappa shape index (κ1) is 17.0. The Labute approximate surface area is 147 Å². The van der Waals surface area contributed by atoms with Crippen LogP contribution < -0.4 is 18.9 Å². The molecule has 0 aliphatic heterocycles. The number of fused-ring (bicyclic) bond motifs is 1. The molecule has 3 rings (SSSR count). The topological polar surface area (TPSA) is 92.7 Å². The Morgan fingerprint density at radius 3 is 2.32 bits per heavy atom. The van der Waals surface area contributed by atoms with Crippen molar-refractivity contribution in [2.24, 2.45) is 0 Å². The highest BCUT2D eigenvalue weighted by molar-refractivity contribution is 7.80. The summed E-state index contributed by atoms with van der Waals surface area (Å²) in [6.45, 7) is 0. The number of pyridine rings is 1. The summed E-state index contributed by atoms with van der Waals surface area (Å²) in [6.07, 6.45) is 1.64. The van der Waals surface area contributed by atoms with E-state index in [2.05, 4.69) is 9.71 Å². The summed E-state index contributed by atoms with van der Waals surface area (Å²) in [5.74, 6) is 2.31. The lowest BCUT2D eigenvalue weighted by Gasteiger charge is -2.13. The lowest BCUT2D eigenvalue weighted by molar-refractivity contribution is 0.355. The average Bonchev–Trinajstić information content (AvgIpc) is 2.62. The van der Waals surface area contributed by atoms with Crippen LogP contribution in [0.3, 0.4) is 0 Å². The van der Waals surface area contributed by atoms with E-state index in [1.54, 1.807) is 62.9 Å². The van der Waals surface area contributed by atoms with Crippen LogP contribution in [0, 0.1) is 0 Å². The molecule has 3 aromatic rings. The van der Waals surface area contributed by atoms with Crippen molar-refractivity contribution in [1.29, 1.82) is 0 Å². The standard InChI is InChI=1S/C17H16N2O5S/c1-22-16-9-13-14(10-17(16)23-2)18-8-7-15(13)24-12-5-3-11(4-6-12)19-25(20)21/h3-10,19H,1-2H3,(H,20,21)/p-1. The minimum atomic E-state index is -2.36. The molecular weight excluding hydrogens is 344 g/mol. The molecule has 1 heterocycles. The highest BCUT2D eigenvalue weighted by atomic mass is 32.2. The molecule has 1 aromatic heterocycles. The first-order chi connectivity index (χ1) is 12.1. The molecule has 0 amide bonds. The van der Waals surface area contributed by atoms with Gasteiger partial charge < -0.3 is 23.5 Å². The van der Waals surface area contributed by atoms with Crippen molar-refractivity contribution in [3.63, 3.8) is 0 Å². The molecule has 0 spiro atoms. The van der Waals surface area contributed by atoms with Crippen molar-refractivity contribution in [3.8, 4) is 23.0 Å². The molecule has 8 heteroatoms. The quantitative estimate of drug-likeness (QED) is 0.679. The number of nitrogens with one attached hydrogen (secondary N) is 1. The van der Waals surface area contributed by atoms with Gasteiger partial charge in [-0.1, -0.05) is 0 Å². The number of hydrogen-bond acceptors (Lipinski definition) is 6. The highest BCUT2D eigenvalue weighted by Gasteiger charge is 2.11. The molecular formula is C17H15N2O5S-. The van der Waals surface area contributed by atoms with Gasteiger partial charge in [-0.3, -0.25) is 9.19 Å². The summed E-state index contributed by atoms with van der Waals surface area (Å²) in [5, 5.41) is 0.767. The maximum atomic E-state index is 10.6. The Bertz CT molecular complexity index is 915. The minimum Gasteiger partial charge on any atom is -0.755 e. The Kier molecular flexibility index (Phi) is 5.01. The van der Waals surface area contributed by atoms with E-state index in [1.165, 1.54) is 0 Å². The van der Waals surface area contributed by atoms with Crippen molar-refractivity contribution in [2.75, 3.05) is 18.9 Å². The number of nitrogens with zero attached hydrogens (tertiary/aromatic N) is 1. The molecule has 2 aromatic carbocycles. The Balaban J connectivity index is 1.94. The summed E-state index contributed by atoms with van der Waals surface area (Å²) in [4.78, 5) is 4.32. The zero-order chi connectivity index (χ0) is 17.8. The summed E-state index contributed by atoms with van der Waals surface area (Å²) in [7, 11) is 3.13. The number of rotatable bonds is 6. The van der Waals surface area contributed by atoms with E-state index in [9.17, 15) is 8.76 Å². The number of aromatic nitrogens is 1. The van der Waals surface area contributed by atoms with E-state index in [-0.39, 0.29) is 0 Å². The van der Waals surface area contributed by atoms with Gasteiger partial charge in [0.05, 0.1) is 19.7 Å². The number of hydrogen-bond donors (Lipinski definition) is 1. The van der Waals surface area contributed by atoms with Crippen molar-refractivity contribution in [1.82, 2.24) is 4.98 Å². The van der Waals surface area contributed by atoms with E-state index in [4.69, 9.17) is 14.2 Å². The van der Waals surface area contributed by atoms with Crippen LogP contribution in [0.1, 0.15) is 0 Å². The molecule has 0 saturated heterocycles. The van der Waals surface area contributed by atoms with E-state index < -0.39 is 11.3 Å². The van der Waals surface area contributed by atoms with Crippen molar-refractivity contribution in [3.05, 3.63) is 48.7 Å². The smallest absolute Gasteiger partial charge is 0.162 e. The second-order valence-electron chi connectivity index (χ2n) is 5.00. The predicted octanol–water partition coefficient (Wildman–Crippen LogP) is 3.25. The molecule has 0 aliphatic rings. The number of methoxy groups -OCH3 is 2. The fourth-order valence-electron chi connectivity index (χ4n) is 2.35. The Hall–Kier alpha value is -2.84. The summed E-state index contributed by atoms with van der Waals surface area (Å²) < 4.78 is 40.1. The van der Waals surface area contributed by atoms with E-state index in [0.29, 0.717) is 34.2 Å². The van der Waals surface area contributed by atoms with Gasteiger partial charge in [0.1, 0.15) is 11.5 Å². The highest BCUT2D eigenvalue weighted by Crippen LogP contribution is 2.36. The number of benzene rings is 2. The predicted molar refractivity (Wildman–Crippen MR) is 93.9 cm³/mol. The molecule has 0 fully saturated rings. The van der Waals surface area contributed by atoms with Crippen LogP contribution in [0.15, 0.2) is 48.7 Å². The third-order valence-corrected chi connectivity index (χ3v) is 3.89. The van der Waals surface area contributed by atoms with E-state index in [1.807, 2.05) is 0 Å². The molecule has 0 saturated carbocycles. The lowest BCUT2D eigenvalue weighted by atomic mass is 10.2. The van der Waals surface area contributed by atoms with Gasteiger partial charge in [-0.25, -0.2) is 0 Å². The molecule has 25 heavy (non-hydrogen) atoms. The van der Waals surface area contributed by atoms with Gasteiger partial charge in [0.25, 0.3) is 0 Å². The zero-order valence-electron chi connectivity index (χ0n) is 13.5. The van der Waals surface area contributed by atoms with Crippen molar-refractivity contribution in [2.45, 2.75) is 0 Å². The zero-order valence-corrected chi connectivity index (χ0v) is 14.3. The Morgan fingerprint density at radius 1 is 1.00 bits per heavy atom. The Morgan fingerprint density at radius 2 is 1.68 bits per heavy atom. The second kappa shape index (κ2) is 7.37. The average molecular weight is 359 g/mol. The molecule has 1 atom stereocenters. The largest absolute Gasteiger partial charge is 0.755 e. The molecule has 1 unspecified atom stereocenters. The molecule has 7 nitrogen and oxygen atoms in total. The van der Waals surface area contributed by atoms with Gasteiger partial charge in [-0.2, -0.15) is 0 Å². The molecule has 0 radical (unpaired) electrons. The maximum Gasteiger partial charge on any atom is 0.162 e. The van der Waals surface area contributed by atoms with Gasteiger partial charge >= 0.3 is 0 Å². The second-order valence-corrected chi connectivity index (χ2v) is 5.67. The number of ether oxygens (including phenoxy) is 3. The third-order valence-electron chi connectivity index (χ3n) is 3.49. The van der Waals surface area contributed by atoms with Gasteiger partial charge in [-0.15, -0.1) is 0 Å². The first-order valence-electron chi connectivity index (χ1n) is 7.25. The summed E-state index contributed by atoms with van der Waals surface area (Å²) >= 11 is -2.36. The van der Waals surface area contributed by atoms with Crippen LogP contribution in [-0.4, -0.2) is 28.0 Å². The number of anilines is 1. The molecule has 0 bridgehead atoms. The minimum absolute atomic E-state index is 0.451. The van der Waals surface area contributed by atoms with Crippen molar-refractivity contribution >= 4 is 27.9 Å². The van der Waals surface area contributed by atoms with Crippen LogP contribution in [-0.2, 0) is 11.3 Å². The molecule has 0 aliphatic carbocycles. The van der Waals surface area contributed by atoms with Gasteiger partial charge in [0.15, 0.2) is 11.5 Å². The van der Waals surface area contributed by atoms with Crippen LogP contribution in [0.2, 0.25) is 0 Å². The lowest BCUT2D eigenvalue weighted by Crippen LogP contribution is -2.01. The maximum absolute atomic E-state index is 10.6. The van der Waals surface area contributed by atoms with Crippen LogP contribution in [0.4, 0.5) is 5.69 Å². The van der Waals surface area contributed by atoms with E-state index in [0.717, 1.165) is 5.39 Å². The first-order valence-corrected chi connectivity index (χ1v) is 8.33. The van der Waals surface area contributed by atoms with Gasteiger partial charge in [0, 0.05) is 34.6 Å². The summed E-state index contributed by atoms with van der Waals surface area (Å²) in [5.41, 5.74) is 1.15. The van der Waals surface area contributed by atoms with Crippen LogP contribution >= 0.6 is 0 Å². The SMILES string of the molecule is COc1cc2nccc(Oc3ccc(NS(=O)[O-])cc3)c2cc1OC. The van der Waals surface area contributed by atoms with E-state index >= 15 is 0 Å². The third kappa shape index (κ3) is 3.81.